The molecule has 4 aromatic rings. The van der Waals surface area contributed by atoms with Crippen LogP contribution in [0.25, 0.3) is 28.1 Å². The highest BCUT2D eigenvalue weighted by atomic mass is 19.1. The quantitative estimate of drug-likeness (QED) is 0.569. The lowest BCUT2D eigenvalue weighted by Gasteiger charge is -2.08. The lowest BCUT2D eigenvalue weighted by molar-refractivity contribution is 0.415. The van der Waals surface area contributed by atoms with Crippen molar-refractivity contribution in [2.24, 2.45) is 0 Å². The van der Waals surface area contributed by atoms with Crippen molar-refractivity contribution in [2.45, 2.75) is 6.92 Å². The normalized spacial score (nSPS) is 11.3. The third kappa shape index (κ3) is 2.01. The van der Waals surface area contributed by atoms with Crippen molar-refractivity contribution in [1.29, 1.82) is 0 Å². The highest BCUT2D eigenvalue weighted by Gasteiger charge is 2.17. The molecule has 7 heteroatoms. The Labute approximate surface area is 130 Å². The van der Waals surface area contributed by atoms with E-state index in [1.807, 2.05) is 19.1 Å². The van der Waals surface area contributed by atoms with Crippen LogP contribution >= 0.6 is 0 Å². The molecule has 0 bridgehead atoms. The third-order valence-electron chi connectivity index (χ3n) is 3.68. The first-order valence-corrected chi connectivity index (χ1v) is 6.98. The van der Waals surface area contributed by atoms with Crippen LogP contribution in [0, 0.1) is 12.7 Å². The molecule has 0 saturated heterocycles. The first kappa shape index (κ1) is 13.6. The van der Waals surface area contributed by atoms with E-state index in [0.717, 1.165) is 11.3 Å². The predicted molar refractivity (Wildman–Crippen MR) is 82.8 cm³/mol. The zero-order chi connectivity index (χ0) is 16.0. The molecule has 1 aromatic carbocycles. The molecule has 23 heavy (non-hydrogen) atoms. The monoisotopic (exact) mass is 309 g/mol. The number of hydrogen-bond donors (Lipinski definition) is 0. The van der Waals surface area contributed by atoms with Crippen LogP contribution in [0.5, 0.6) is 5.75 Å². The Balaban J connectivity index is 2.19. The van der Waals surface area contributed by atoms with Crippen LogP contribution in [-0.2, 0) is 0 Å². The fraction of sp³-hybridized carbons (Fsp3) is 0.125. The molecule has 0 fully saturated rings. The van der Waals surface area contributed by atoms with Gasteiger partial charge in [0.15, 0.2) is 16.9 Å². The number of methoxy groups -OCH3 is 1. The lowest BCUT2D eigenvalue weighted by Crippen LogP contribution is -2.00. The van der Waals surface area contributed by atoms with Crippen LogP contribution in [0.15, 0.2) is 36.7 Å². The van der Waals surface area contributed by atoms with Crippen molar-refractivity contribution < 1.29 is 9.13 Å². The molecular formula is C16H12FN5O. The fourth-order valence-electron chi connectivity index (χ4n) is 2.65. The number of nitrogens with zero attached hydrogens (tertiary/aromatic N) is 5. The van der Waals surface area contributed by atoms with E-state index in [0.29, 0.717) is 28.3 Å². The topological polar surface area (TPSA) is 65.2 Å². The number of imidazole rings is 1. The predicted octanol–water partition coefficient (Wildman–Crippen LogP) is 2.80. The lowest BCUT2D eigenvalue weighted by atomic mass is 10.2. The molecule has 0 aliphatic rings. The molecule has 114 valence electrons. The van der Waals surface area contributed by atoms with E-state index in [1.54, 1.807) is 16.8 Å². The van der Waals surface area contributed by atoms with Gasteiger partial charge in [0.2, 0.25) is 0 Å². The van der Waals surface area contributed by atoms with Gasteiger partial charge in [-0.15, -0.1) is 10.2 Å². The molecule has 0 unspecified atom stereocenters. The van der Waals surface area contributed by atoms with E-state index < -0.39 is 5.82 Å². The number of pyridine rings is 1. The Morgan fingerprint density at radius 2 is 1.91 bits per heavy atom. The number of aryl methyl sites for hydroxylation is 1. The van der Waals surface area contributed by atoms with Gasteiger partial charge in [0.1, 0.15) is 11.6 Å². The smallest absolute Gasteiger partial charge is 0.183 e. The Hall–Kier alpha value is -3.09. The number of hydrogen-bond acceptors (Lipinski definition) is 5. The maximum absolute atomic E-state index is 14.0. The number of aromatic nitrogens is 5. The Kier molecular flexibility index (Phi) is 2.94. The number of halogens is 1. The minimum atomic E-state index is -0.407. The maximum atomic E-state index is 14.0. The number of rotatable bonds is 2. The summed E-state index contributed by atoms with van der Waals surface area (Å²) in [4.78, 5) is 8.58. The minimum Gasteiger partial charge on any atom is -0.494 e. The van der Waals surface area contributed by atoms with E-state index in [4.69, 9.17) is 4.74 Å². The highest BCUT2D eigenvalue weighted by Crippen LogP contribution is 2.29. The van der Waals surface area contributed by atoms with Gasteiger partial charge in [-0.1, -0.05) is 0 Å². The second kappa shape index (κ2) is 4.98. The summed E-state index contributed by atoms with van der Waals surface area (Å²) in [6.45, 7) is 1.84. The fourth-order valence-corrected chi connectivity index (χ4v) is 2.65. The van der Waals surface area contributed by atoms with Crippen LogP contribution in [0.2, 0.25) is 0 Å². The van der Waals surface area contributed by atoms with Gasteiger partial charge in [-0.2, -0.15) is 0 Å². The molecule has 0 aliphatic heterocycles. The second-order valence-corrected chi connectivity index (χ2v) is 5.09. The summed E-state index contributed by atoms with van der Waals surface area (Å²) in [6, 6.07) is 6.39. The van der Waals surface area contributed by atoms with Crippen LogP contribution in [0.4, 0.5) is 4.39 Å². The van der Waals surface area contributed by atoms with Gasteiger partial charge in [-0.25, -0.2) is 9.37 Å². The molecule has 0 atom stereocenters. The van der Waals surface area contributed by atoms with Crippen molar-refractivity contribution in [3.63, 3.8) is 0 Å². The molecule has 0 saturated carbocycles. The summed E-state index contributed by atoms with van der Waals surface area (Å²) in [7, 11) is 1.48. The molecule has 4 rings (SSSR count). The summed E-state index contributed by atoms with van der Waals surface area (Å²) in [5.74, 6) is 0.588. The van der Waals surface area contributed by atoms with Crippen LogP contribution in [-0.4, -0.2) is 31.7 Å². The third-order valence-corrected chi connectivity index (χ3v) is 3.68. The molecule has 3 heterocycles. The SMILES string of the molecule is COc1cc(F)cc2c1nnc1c(C)nc(-c3ccncc3)n12. The molecule has 6 nitrogen and oxygen atoms in total. The average molecular weight is 309 g/mol. The molecule has 3 aromatic heterocycles. The van der Waals surface area contributed by atoms with Gasteiger partial charge < -0.3 is 4.74 Å². The molecule has 0 amide bonds. The summed E-state index contributed by atoms with van der Waals surface area (Å²) < 4.78 is 21.0. The Morgan fingerprint density at radius 3 is 2.65 bits per heavy atom. The average Bonchev–Trinajstić information content (AvgIpc) is 2.92. The molecule has 0 aliphatic carbocycles. The van der Waals surface area contributed by atoms with Crippen LogP contribution in [0.1, 0.15) is 5.69 Å². The molecular weight excluding hydrogens is 297 g/mol. The van der Waals surface area contributed by atoms with E-state index in [2.05, 4.69) is 20.2 Å². The van der Waals surface area contributed by atoms with Gasteiger partial charge in [-0.05, 0) is 19.1 Å². The summed E-state index contributed by atoms with van der Waals surface area (Å²) in [5, 5.41) is 8.40. The van der Waals surface area contributed by atoms with Crippen molar-refractivity contribution in [1.82, 2.24) is 24.6 Å². The zero-order valence-corrected chi connectivity index (χ0v) is 12.5. The van der Waals surface area contributed by atoms with Gasteiger partial charge in [0.05, 0.1) is 18.3 Å². The van der Waals surface area contributed by atoms with Crippen molar-refractivity contribution in [3.8, 4) is 17.1 Å². The minimum absolute atomic E-state index is 0.335. The first-order chi connectivity index (χ1) is 11.2. The number of benzene rings is 1. The number of fused-ring (bicyclic) bond motifs is 3. The van der Waals surface area contributed by atoms with Crippen molar-refractivity contribution in [3.05, 3.63) is 48.2 Å². The zero-order valence-electron chi connectivity index (χ0n) is 12.5. The maximum Gasteiger partial charge on any atom is 0.183 e. The first-order valence-electron chi connectivity index (χ1n) is 6.98. The van der Waals surface area contributed by atoms with E-state index in [-0.39, 0.29) is 0 Å². The van der Waals surface area contributed by atoms with Crippen LogP contribution < -0.4 is 4.74 Å². The van der Waals surface area contributed by atoms with Crippen LogP contribution in [0.3, 0.4) is 0 Å². The van der Waals surface area contributed by atoms with Gasteiger partial charge in [0, 0.05) is 30.1 Å². The summed E-state index contributed by atoms with van der Waals surface area (Å²) >= 11 is 0. The van der Waals surface area contributed by atoms with Crippen molar-refractivity contribution in [2.75, 3.05) is 7.11 Å². The standard InChI is InChI=1S/C16H12FN5O/c1-9-15-21-20-14-12(7-11(17)8-13(14)23-2)22(15)16(19-9)10-3-5-18-6-4-10/h3-8H,1-2H3. The van der Waals surface area contributed by atoms with E-state index in [9.17, 15) is 4.39 Å². The van der Waals surface area contributed by atoms with E-state index in [1.165, 1.54) is 19.2 Å². The summed E-state index contributed by atoms with van der Waals surface area (Å²) in [5.41, 5.74) is 3.19. The van der Waals surface area contributed by atoms with Crippen molar-refractivity contribution >= 4 is 16.7 Å². The highest BCUT2D eigenvalue weighted by molar-refractivity contribution is 5.85. The second-order valence-electron chi connectivity index (χ2n) is 5.09. The summed E-state index contributed by atoms with van der Waals surface area (Å²) in [6.07, 6.45) is 3.37. The number of ether oxygens (including phenoxy) is 1. The molecule has 0 radical (unpaired) electrons. The Morgan fingerprint density at radius 1 is 1.13 bits per heavy atom. The molecule has 0 N–H and O–H groups in total. The van der Waals surface area contributed by atoms with Gasteiger partial charge >= 0.3 is 0 Å². The Bertz CT molecular complexity index is 1030. The largest absolute Gasteiger partial charge is 0.494 e. The van der Waals surface area contributed by atoms with E-state index >= 15 is 0 Å². The van der Waals surface area contributed by atoms with Gasteiger partial charge in [0.25, 0.3) is 0 Å². The molecule has 0 spiro atoms. The van der Waals surface area contributed by atoms with Gasteiger partial charge in [-0.3, -0.25) is 9.38 Å².